The van der Waals surface area contributed by atoms with Gasteiger partial charge in [-0.3, -0.25) is 14.9 Å². The third kappa shape index (κ3) is 7.63. The van der Waals surface area contributed by atoms with Gasteiger partial charge in [-0.1, -0.05) is 36.4 Å². The smallest absolute Gasteiger partial charge is 0.397 e. The van der Waals surface area contributed by atoms with Crippen molar-refractivity contribution in [3.8, 4) is 0 Å². The Morgan fingerprint density at radius 3 is 2.30 bits per heavy atom. The van der Waals surface area contributed by atoms with Crippen LogP contribution in [0.15, 0.2) is 72.8 Å². The van der Waals surface area contributed by atoms with Crippen LogP contribution in [0.5, 0.6) is 0 Å². The molecule has 11 heteroatoms. The number of halogens is 4. The fourth-order valence-corrected chi connectivity index (χ4v) is 3.33. The molecule has 1 unspecified atom stereocenters. The van der Waals surface area contributed by atoms with Crippen LogP contribution in [0.25, 0.3) is 6.08 Å². The Balaban J connectivity index is 1.71. The molecule has 0 fully saturated rings. The minimum Gasteiger partial charge on any atom is -0.397 e. The van der Waals surface area contributed by atoms with E-state index in [9.17, 15) is 27.2 Å². The van der Waals surface area contributed by atoms with Gasteiger partial charge >= 0.3 is 6.18 Å². The second kappa shape index (κ2) is 12.2. The number of aliphatic hydroxyl groups is 1. The molecule has 3 rings (SSSR count). The number of nitrogen functional groups attached to an aromatic ring is 1. The summed E-state index contributed by atoms with van der Waals surface area (Å²) >= 11 is 0. The van der Waals surface area contributed by atoms with Gasteiger partial charge in [-0.15, -0.1) is 0 Å². The molecule has 0 aliphatic carbocycles. The van der Waals surface area contributed by atoms with Crippen molar-refractivity contribution in [2.24, 2.45) is 0 Å². The first kappa shape index (κ1) is 27.4. The standard InChI is InChI=1S/C26H24F4N4O3/c27-19-15-18(26(28,29)30)10-11-21(19)34-25(37)24(32-13-14-35)17-8-5-16(6-9-17)7-12-23(36)33-22-4-2-1-3-20(22)31/h1-12,15,24,32,35H,13-14,31H2,(H,33,36)(H,34,37). The van der Waals surface area contributed by atoms with Gasteiger partial charge in [-0.2, -0.15) is 13.2 Å². The molecule has 6 N–H and O–H groups in total. The average Bonchev–Trinajstić information content (AvgIpc) is 2.85. The number of para-hydroxylation sites is 2. The van der Waals surface area contributed by atoms with Crippen molar-refractivity contribution < 1.29 is 32.3 Å². The van der Waals surface area contributed by atoms with Gasteiger partial charge in [0.2, 0.25) is 11.8 Å². The molecule has 0 radical (unpaired) electrons. The lowest BCUT2D eigenvalue weighted by atomic mass is 10.0. The molecule has 7 nitrogen and oxygen atoms in total. The summed E-state index contributed by atoms with van der Waals surface area (Å²) in [7, 11) is 0. The summed E-state index contributed by atoms with van der Waals surface area (Å²) in [5.74, 6) is -2.38. The highest BCUT2D eigenvalue weighted by Gasteiger charge is 2.31. The first-order valence-electron chi connectivity index (χ1n) is 11.0. The Kier molecular flexibility index (Phi) is 8.99. The molecule has 0 aliphatic rings. The van der Waals surface area contributed by atoms with Crippen molar-refractivity contribution in [1.29, 1.82) is 0 Å². The van der Waals surface area contributed by atoms with E-state index in [1.807, 2.05) is 0 Å². The van der Waals surface area contributed by atoms with E-state index in [4.69, 9.17) is 10.8 Å². The molecule has 0 aromatic heterocycles. The van der Waals surface area contributed by atoms with E-state index in [1.54, 1.807) is 54.6 Å². The lowest BCUT2D eigenvalue weighted by Gasteiger charge is -2.19. The van der Waals surface area contributed by atoms with Gasteiger partial charge in [0.25, 0.3) is 0 Å². The molecule has 0 aliphatic heterocycles. The Hall–Kier alpha value is -4.22. The Bertz CT molecular complexity index is 1280. The minimum absolute atomic E-state index is 0.0258. The highest BCUT2D eigenvalue weighted by molar-refractivity contribution is 6.03. The maximum Gasteiger partial charge on any atom is 0.416 e. The predicted octanol–water partition coefficient (Wildman–Crippen LogP) is 4.34. The predicted molar refractivity (Wildman–Crippen MR) is 133 cm³/mol. The van der Waals surface area contributed by atoms with Crippen LogP contribution in [0.3, 0.4) is 0 Å². The minimum atomic E-state index is -4.72. The number of hydrogen-bond acceptors (Lipinski definition) is 5. The number of benzene rings is 3. The average molecular weight is 516 g/mol. The van der Waals surface area contributed by atoms with Crippen molar-refractivity contribution in [2.75, 3.05) is 29.5 Å². The van der Waals surface area contributed by atoms with Gasteiger partial charge in [-0.05, 0) is 47.5 Å². The van der Waals surface area contributed by atoms with Crippen LogP contribution >= 0.6 is 0 Å². The Morgan fingerprint density at radius 2 is 1.68 bits per heavy atom. The molecule has 2 amide bonds. The zero-order valence-corrected chi connectivity index (χ0v) is 19.4. The van der Waals surface area contributed by atoms with Crippen LogP contribution in [0, 0.1) is 5.82 Å². The number of nitrogens with two attached hydrogens (primary N) is 1. The molecule has 37 heavy (non-hydrogen) atoms. The Morgan fingerprint density at radius 1 is 0.973 bits per heavy atom. The molecule has 194 valence electrons. The first-order valence-corrected chi connectivity index (χ1v) is 11.0. The molecule has 0 saturated heterocycles. The summed E-state index contributed by atoms with van der Waals surface area (Å²) in [4.78, 5) is 25.0. The quantitative estimate of drug-likeness (QED) is 0.165. The summed E-state index contributed by atoms with van der Waals surface area (Å²) in [6, 6.07) is 14.0. The third-order valence-electron chi connectivity index (χ3n) is 5.19. The number of alkyl halides is 3. The van der Waals surface area contributed by atoms with E-state index in [0.29, 0.717) is 34.6 Å². The molecule has 1 atom stereocenters. The van der Waals surface area contributed by atoms with E-state index < -0.39 is 41.1 Å². The first-order chi connectivity index (χ1) is 17.6. The summed E-state index contributed by atoms with van der Waals surface area (Å²) in [6.45, 7) is -0.266. The van der Waals surface area contributed by atoms with Gasteiger partial charge < -0.3 is 21.5 Å². The van der Waals surface area contributed by atoms with Gasteiger partial charge in [-0.25, -0.2) is 4.39 Å². The second-order valence-corrected chi connectivity index (χ2v) is 7.87. The topological polar surface area (TPSA) is 116 Å². The molecule has 0 spiro atoms. The normalized spacial score (nSPS) is 12.4. The van der Waals surface area contributed by atoms with Crippen LogP contribution in [0.4, 0.5) is 34.6 Å². The van der Waals surface area contributed by atoms with Crippen molar-refractivity contribution in [3.05, 3.63) is 95.3 Å². The molecule has 3 aromatic carbocycles. The molecule has 0 heterocycles. The number of amides is 2. The maximum atomic E-state index is 14.2. The van der Waals surface area contributed by atoms with Crippen LogP contribution in [-0.2, 0) is 15.8 Å². The van der Waals surface area contributed by atoms with Crippen LogP contribution in [0.1, 0.15) is 22.7 Å². The second-order valence-electron chi connectivity index (χ2n) is 7.87. The SMILES string of the molecule is Nc1ccccc1NC(=O)C=Cc1ccc(C(NCCO)C(=O)Nc2ccc(C(F)(F)F)cc2F)cc1. The van der Waals surface area contributed by atoms with Crippen molar-refractivity contribution in [3.63, 3.8) is 0 Å². The summed E-state index contributed by atoms with van der Waals surface area (Å²) in [5.41, 5.74) is 6.18. The third-order valence-corrected chi connectivity index (χ3v) is 5.19. The maximum absolute atomic E-state index is 14.2. The fourth-order valence-electron chi connectivity index (χ4n) is 3.33. The number of nitrogens with one attached hydrogen (secondary N) is 3. The molecular weight excluding hydrogens is 492 g/mol. The number of carbonyl (C=O) groups is 2. The molecular formula is C26H24F4N4O3. The number of anilines is 3. The zero-order chi connectivity index (χ0) is 27.0. The van der Waals surface area contributed by atoms with Crippen molar-refractivity contribution >= 4 is 35.0 Å². The monoisotopic (exact) mass is 516 g/mol. The highest BCUT2D eigenvalue weighted by Crippen LogP contribution is 2.31. The highest BCUT2D eigenvalue weighted by atomic mass is 19.4. The summed E-state index contributed by atoms with van der Waals surface area (Å²) in [6.07, 6.45) is -1.87. The van der Waals surface area contributed by atoms with E-state index in [-0.39, 0.29) is 13.2 Å². The van der Waals surface area contributed by atoms with Crippen LogP contribution in [0.2, 0.25) is 0 Å². The number of aliphatic hydroxyl groups excluding tert-OH is 1. The lowest BCUT2D eigenvalue weighted by molar-refractivity contribution is -0.137. The van der Waals surface area contributed by atoms with Gasteiger partial charge in [0.1, 0.15) is 11.9 Å². The summed E-state index contributed by atoms with van der Waals surface area (Å²) < 4.78 is 52.5. The summed E-state index contributed by atoms with van der Waals surface area (Å²) in [5, 5.41) is 16.9. The van der Waals surface area contributed by atoms with Gasteiger partial charge in [0.05, 0.1) is 29.2 Å². The van der Waals surface area contributed by atoms with Gasteiger partial charge in [0, 0.05) is 12.6 Å². The Labute approximate surface area is 210 Å². The number of hydrogen-bond donors (Lipinski definition) is 5. The van der Waals surface area contributed by atoms with Crippen LogP contribution < -0.4 is 21.7 Å². The van der Waals surface area contributed by atoms with E-state index >= 15 is 0 Å². The molecule has 0 bridgehead atoms. The van der Waals surface area contributed by atoms with E-state index in [1.165, 1.54) is 6.08 Å². The van der Waals surface area contributed by atoms with Crippen molar-refractivity contribution in [1.82, 2.24) is 5.32 Å². The largest absolute Gasteiger partial charge is 0.416 e. The molecule has 0 saturated carbocycles. The lowest BCUT2D eigenvalue weighted by Crippen LogP contribution is -2.34. The zero-order valence-electron chi connectivity index (χ0n) is 19.4. The molecule has 3 aromatic rings. The fraction of sp³-hybridized carbons (Fsp3) is 0.154. The van der Waals surface area contributed by atoms with E-state index in [0.717, 1.165) is 6.07 Å². The number of rotatable bonds is 9. The van der Waals surface area contributed by atoms with E-state index in [2.05, 4.69) is 16.0 Å². The number of carbonyl (C=O) groups excluding carboxylic acids is 2. The van der Waals surface area contributed by atoms with Crippen LogP contribution in [-0.4, -0.2) is 30.1 Å². The van der Waals surface area contributed by atoms with Crippen molar-refractivity contribution in [2.45, 2.75) is 12.2 Å². The van der Waals surface area contributed by atoms with Gasteiger partial charge in [0.15, 0.2) is 0 Å².